The van der Waals surface area contributed by atoms with Gasteiger partial charge in [0.15, 0.2) is 0 Å². The highest BCUT2D eigenvalue weighted by atomic mass is 79.9. The molecule has 0 saturated heterocycles. The molecule has 0 aliphatic heterocycles. The van der Waals surface area contributed by atoms with Crippen LogP contribution in [0.1, 0.15) is 31.2 Å². The average molecular weight is 336 g/mol. The van der Waals surface area contributed by atoms with E-state index < -0.39 is 0 Å². The maximum absolute atomic E-state index is 12.5. The molecule has 1 aromatic rings. The van der Waals surface area contributed by atoms with Gasteiger partial charge in [-0.3, -0.25) is 4.79 Å². The molecule has 1 N–H and O–H groups in total. The number of hydrogen-bond acceptors (Lipinski definition) is 1. The van der Waals surface area contributed by atoms with Crippen molar-refractivity contribution >= 4 is 21.8 Å². The van der Waals surface area contributed by atoms with E-state index in [1.807, 2.05) is 6.07 Å². The normalized spacial score (nSPS) is 29.4. The van der Waals surface area contributed by atoms with Crippen molar-refractivity contribution < 1.29 is 4.79 Å². The van der Waals surface area contributed by atoms with E-state index in [4.69, 9.17) is 0 Å². The van der Waals surface area contributed by atoms with Gasteiger partial charge in [0.25, 0.3) is 0 Å². The number of carbonyl (C=O) groups excluding carboxylic acids is 1. The van der Waals surface area contributed by atoms with Crippen LogP contribution in [0.25, 0.3) is 0 Å². The lowest BCUT2D eigenvalue weighted by Gasteiger charge is -2.24. The van der Waals surface area contributed by atoms with Gasteiger partial charge in [0.05, 0.1) is 0 Å². The van der Waals surface area contributed by atoms with Crippen molar-refractivity contribution in [2.45, 2.75) is 38.1 Å². The van der Waals surface area contributed by atoms with E-state index in [1.54, 1.807) is 0 Å². The number of hydrogen-bond donors (Lipinski definition) is 1. The van der Waals surface area contributed by atoms with Gasteiger partial charge in [-0.25, -0.2) is 0 Å². The second-order valence-electron chi connectivity index (χ2n) is 6.33. The average Bonchev–Trinajstić information content (AvgIpc) is 3.10. The second kappa shape index (κ2) is 6.30. The van der Waals surface area contributed by atoms with Gasteiger partial charge in [0, 0.05) is 17.3 Å². The van der Waals surface area contributed by atoms with Crippen LogP contribution in [0.2, 0.25) is 0 Å². The molecule has 20 heavy (non-hydrogen) atoms. The van der Waals surface area contributed by atoms with Crippen molar-refractivity contribution in [3.05, 3.63) is 35.9 Å². The Morgan fingerprint density at radius 3 is 2.65 bits per heavy atom. The van der Waals surface area contributed by atoms with Crippen molar-refractivity contribution in [1.82, 2.24) is 5.32 Å². The SMILES string of the molecule is O=C(NC(CBr)Cc1ccccc1)C1CC2CCC1C2. The zero-order valence-corrected chi connectivity index (χ0v) is 13.3. The summed E-state index contributed by atoms with van der Waals surface area (Å²) in [5, 5.41) is 4.07. The number of fused-ring (bicyclic) bond motifs is 2. The predicted molar refractivity (Wildman–Crippen MR) is 84.8 cm³/mol. The third-order valence-electron chi connectivity index (χ3n) is 4.93. The Morgan fingerprint density at radius 2 is 2.05 bits per heavy atom. The van der Waals surface area contributed by atoms with E-state index in [2.05, 4.69) is 45.5 Å². The third kappa shape index (κ3) is 3.08. The zero-order chi connectivity index (χ0) is 13.9. The lowest BCUT2D eigenvalue weighted by molar-refractivity contribution is -0.127. The largest absolute Gasteiger partial charge is 0.352 e. The topological polar surface area (TPSA) is 29.1 Å². The van der Waals surface area contributed by atoms with Gasteiger partial charge < -0.3 is 5.32 Å². The summed E-state index contributed by atoms with van der Waals surface area (Å²) >= 11 is 3.54. The van der Waals surface area contributed by atoms with Crippen LogP contribution in [0.15, 0.2) is 30.3 Å². The van der Waals surface area contributed by atoms with E-state index in [9.17, 15) is 4.79 Å². The van der Waals surface area contributed by atoms with Crippen LogP contribution in [0.5, 0.6) is 0 Å². The van der Waals surface area contributed by atoms with Crippen LogP contribution in [0, 0.1) is 17.8 Å². The minimum Gasteiger partial charge on any atom is -0.352 e. The summed E-state index contributed by atoms with van der Waals surface area (Å²) in [6, 6.07) is 10.6. The summed E-state index contributed by atoms with van der Waals surface area (Å²) < 4.78 is 0. The van der Waals surface area contributed by atoms with E-state index in [0.717, 1.165) is 24.1 Å². The monoisotopic (exact) mass is 335 g/mol. The molecular formula is C17H22BrNO. The third-order valence-corrected chi connectivity index (χ3v) is 5.71. The van der Waals surface area contributed by atoms with Gasteiger partial charge in [0.1, 0.15) is 0 Å². The highest BCUT2D eigenvalue weighted by molar-refractivity contribution is 9.09. The van der Waals surface area contributed by atoms with Crippen molar-refractivity contribution in [2.75, 3.05) is 5.33 Å². The van der Waals surface area contributed by atoms with Gasteiger partial charge >= 0.3 is 0 Å². The van der Waals surface area contributed by atoms with Crippen molar-refractivity contribution in [3.63, 3.8) is 0 Å². The van der Waals surface area contributed by atoms with Crippen LogP contribution in [0.3, 0.4) is 0 Å². The number of alkyl halides is 1. The maximum atomic E-state index is 12.5. The summed E-state index contributed by atoms with van der Waals surface area (Å²) in [6.45, 7) is 0. The Bertz CT molecular complexity index is 461. The number of benzene rings is 1. The molecule has 2 saturated carbocycles. The highest BCUT2D eigenvalue weighted by Crippen LogP contribution is 2.48. The number of amides is 1. The number of carbonyl (C=O) groups is 1. The molecule has 0 radical (unpaired) electrons. The molecule has 3 heteroatoms. The first kappa shape index (κ1) is 14.1. The number of nitrogens with one attached hydrogen (secondary N) is 1. The first-order valence-electron chi connectivity index (χ1n) is 7.66. The van der Waals surface area contributed by atoms with Crippen LogP contribution >= 0.6 is 15.9 Å². The van der Waals surface area contributed by atoms with Crippen LogP contribution < -0.4 is 5.32 Å². The summed E-state index contributed by atoms with van der Waals surface area (Å²) in [4.78, 5) is 12.5. The lowest BCUT2D eigenvalue weighted by atomic mass is 9.88. The van der Waals surface area contributed by atoms with Crippen LogP contribution in [-0.4, -0.2) is 17.3 Å². The summed E-state index contributed by atoms with van der Waals surface area (Å²) in [7, 11) is 0. The minimum absolute atomic E-state index is 0.198. The highest BCUT2D eigenvalue weighted by Gasteiger charge is 2.43. The van der Waals surface area contributed by atoms with Gasteiger partial charge in [-0.05, 0) is 43.1 Å². The van der Waals surface area contributed by atoms with E-state index in [0.29, 0.717) is 5.92 Å². The maximum Gasteiger partial charge on any atom is 0.223 e. The van der Waals surface area contributed by atoms with Gasteiger partial charge in [-0.15, -0.1) is 0 Å². The molecule has 4 unspecified atom stereocenters. The summed E-state index contributed by atoms with van der Waals surface area (Å²) in [6.07, 6.45) is 5.92. The molecule has 1 amide bonds. The van der Waals surface area contributed by atoms with Crippen molar-refractivity contribution in [2.24, 2.45) is 17.8 Å². The fourth-order valence-corrected chi connectivity index (χ4v) is 4.31. The molecular weight excluding hydrogens is 314 g/mol. The summed E-state index contributed by atoms with van der Waals surface area (Å²) in [5.41, 5.74) is 1.28. The molecule has 3 rings (SSSR count). The molecule has 2 aliphatic rings. The Balaban J connectivity index is 1.56. The molecule has 108 valence electrons. The Kier molecular flexibility index (Phi) is 4.45. The van der Waals surface area contributed by atoms with Crippen LogP contribution in [0.4, 0.5) is 0 Å². The lowest BCUT2D eigenvalue weighted by Crippen LogP contribution is -2.42. The number of rotatable bonds is 5. The molecule has 1 aromatic carbocycles. The first-order valence-corrected chi connectivity index (χ1v) is 8.78. The molecule has 2 fully saturated rings. The molecule has 2 nitrogen and oxygen atoms in total. The second-order valence-corrected chi connectivity index (χ2v) is 6.98. The van der Waals surface area contributed by atoms with Crippen molar-refractivity contribution in [3.8, 4) is 0 Å². The van der Waals surface area contributed by atoms with Crippen LogP contribution in [-0.2, 0) is 11.2 Å². The molecule has 0 aromatic heterocycles. The number of halogens is 1. The quantitative estimate of drug-likeness (QED) is 0.819. The van der Waals surface area contributed by atoms with Gasteiger partial charge in [-0.2, -0.15) is 0 Å². The van der Waals surface area contributed by atoms with Gasteiger partial charge in [-0.1, -0.05) is 52.7 Å². The Morgan fingerprint density at radius 1 is 1.25 bits per heavy atom. The molecule has 0 heterocycles. The predicted octanol–water partition coefficient (Wildman–Crippen LogP) is 3.55. The molecule has 2 bridgehead atoms. The zero-order valence-electron chi connectivity index (χ0n) is 11.7. The Labute approximate surface area is 129 Å². The standard InChI is InChI=1S/C17H22BrNO/c18-11-15(9-12-4-2-1-3-5-12)19-17(20)16-10-13-6-7-14(16)8-13/h1-5,13-16H,6-11H2,(H,19,20). The Hall–Kier alpha value is -0.830. The fourth-order valence-electron chi connectivity index (χ4n) is 3.92. The molecule has 0 spiro atoms. The van der Waals surface area contributed by atoms with E-state index in [1.165, 1.54) is 24.8 Å². The first-order chi connectivity index (χ1) is 9.76. The van der Waals surface area contributed by atoms with Crippen molar-refractivity contribution in [1.29, 1.82) is 0 Å². The minimum atomic E-state index is 0.198. The van der Waals surface area contributed by atoms with Gasteiger partial charge in [0.2, 0.25) is 5.91 Å². The molecule has 2 aliphatic carbocycles. The fraction of sp³-hybridized carbons (Fsp3) is 0.588. The van der Waals surface area contributed by atoms with E-state index in [-0.39, 0.29) is 17.9 Å². The molecule has 4 atom stereocenters. The smallest absolute Gasteiger partial charge is 0.223 e. The summed E-state index contributed by atoms with van der Waals surface area (Å²) in [5.74, 6) is 2.06. The van der Waals surface area contributed by atoms with E-state index >= 15 is 0 Å².